The van der Waals surface area contributed by atoms with E-state index < -0.39 is 5.54 Å². The molecule has 25 heavy (non-hydrogen) atoms. The van der Waals surface area contributed by atoms with E-state index in [1.165, 1.54) is 0 Å². The van der Waals surface area contributed by atoms with E-state index in [0.717, 1.165) is 43.0 Å². The van der Waals surface area contributed by atoms with Crippen LogP contribution < -0.4 is 10.3 Å². The molecule has 1 fully saturated rings. The molecule has 0 bridgehead atoms. The Morgan fingerprint density at radius 1 is 1.08 bits per heavy atom. The molecule has 1 unspecified atom stereocenters. The number of aliphatic hydroxyl groups excluding tert-OH is 1. The van der Waals surface area contributed by atoms with Crippen molar-refractivity contribution in [3.63, 3.8) is 0 Å². The van der Waals surface area contributed by atoms with Crippen LogP contribution in [0.15, 0.2) is 42.5 Å². The molecule has 0 aromatic heterocycles. The molecule has 2 aliphatic heterocycles. The van der Waals surface area contributed by atoms with Crippen molar-refractivity contribution < 1.29 is 10.1 Å². The Morgan fingerprint density at radius 2 is 1.84 bits per heavy atom. The molecule has 0 aliphatic carbocycles. The molecule has 4 rings (SSSR count). The summed E-state index contributed by atoms with van der Waals surface area (Å²) in [4.78, 5) is 5.49. The zero-order valence-corrected chi connectivity index (χ0v) is 15.2. The van der Waals surface area contributed by atoms with Gasteiger partial charge in [0.1, 0.15) is 0 Å². The van der Waals surface area contributed by atoms with E-state index >= 15 is 0 Å². The maximum atomic E-state index is 11.0. The van der Waals surface area contributed by atoms with Crippen molar-refractivity contribution in [2.24, 2.45) is 0 Å². The van der Waals surface area contributed by atoms with Gasteiger partial charge in [-0.3, -0.25) is 4.90 Å². The average molecular weight is 377 g/mol. The largest absolute Gasteiger partial charge is 0.462 e. The first-order chi connectivity index (χ1) is 12.1. The highest BCUT2D eigenvalue weighted by Crippen LogP contribution is 2.39. The summed E-state index contributed by atoms with van der Waals surface area (Å²) in [5.41, 5.74) is 2.39. The standard InChI is InChI=1S/C19H19Cl2N3O/c20-14-3-1-2-13(10-14)12-19(24-8-6-22-7-9-24)16-5-4-15(21)11-17(16)23-18(19)25/h1-5,10-11,22H,6-9,12H2,(H,23,25)/p+1. The molecule has 2 heterocycles. The lowest BCUT2D eigenvalue weighted by atomic mass is 9.82. The van der Waals surface area contributed by atoms with Crippen LogP contribution in [0.4, 0.5) is 5.69 Å². The fourth-order valence-electron chi connectivity index (χ4n) is 3.94. The summed E-state index contributed by atoms with van der Waals surface area (Å²) >= 11 is 12.4. The lowest BCUT2D eigenvalue weighted by Gasteiger charge is -2.40. The molecule has 0 saturated carbocycles. The molecule has 6 heteroatoms. The lowest BCUT2D eigenvalue weighted by Crippen LogP contribution is -2.70. The number of fused-ring (bicyclic) bond motifs is 1. The number of hydrogen-bond acceptors (Lipinski definition) is 2. The molecule has 1 atom stereocenters. The fraction of sp³-hybridized carbons (Fsp3) is 0.316. The minimum absolute atomic E-state index is 0.256. The molecular formula is C19H20Cl2N3O+. The average Bonchev–Trinajstić information content (AvgIpc) is 2.87. The second kappa shape index (κ2) is 6.61. The summed E-state index contributed by atoms with van der Waals surface area (Å²) in [6.07, 6.45) is 0.640. The summed E-state index contributed by atoms with van der Waals surface area (Å²) in [5.74, 6) is 0.256. The van der Waals surface area contributed by atoms with Crippen LogP contribution in [0, 0.1) is 0 Å². The molecule has 0 amide bonds. The number of piperazine rings is 1. The smallest absolute Gasteiger partial charge is 0.364 e. The van der Waals surface area contributed by atoms with Crippen LogP contribution in [-0.4, -0.2) is 42.1 Å². The summed E-state index contributed by atoms with van der Waals surface area (Å²) < 4.78 is 0. The molecule has 2 aromatic rings. The highest BCUT2D eigenvalue weighted by molar-refractivity contribution is 6.31. The Labute approximate surface area is 157 Å². The van der Waals surface area contributed by atoms with Crippen LogP contribution >= 0.6 is 23.2 Å². The lowest BCUT2D eigenvalue weighted by molar-refractivity contribution is -0.364. The molecule has 130 valence electrons. The van der Waals surface area contributed by atoms with Gasteiger partial charge in [0, 0.05) is 48.7 Å². The highest BCUT2D eigenvalue weighted by atomic mass is 35.5. The van der Waals surface area contributed by atoms with Crippen LogP contribution in [0.5, 0.6) is 0 Å². The number of benzene rings is 2. The van der Waals surface area contributed by atoms with Gasteiger partial charge in [-0.05, 0) is 29.8 Å². The van der Waals surface area contributed by atoms with Gasteiger partial charge in [-0.1, -0.05) is 35.3 Å². The number of nitrogens with one attached hydrogen (secondary N) is 2. The number of nitrogens with zero attached hydrogens (tertiary/aromatic N) is 1. The molecule has 1 saturated heterocycles. The van der Waals surface area contributed by atoms with Gasteiger partial charge < -0.3 is 10.4 Å². The van der Waals surface area contributed by atoms with Crippen molar-refractivity contribution >= 4 is 34.8 Å². The SMILES string of the molecule is OC1=[NH+]c2cc(Cl)ccc2C1(Cc1cccc(Cl)c1)N1CCNCC1. The van der Waals surface area contributed by atoms with Gasteiger partial charge in [0.2, 0.25) is 5.69 Å². The molecule has 4 nitrogen and oxygen atoms in total. The van der Waals surface area contributed by atoms with E-state index in [-0.39, 0.29) is 5.90 Å². The molecule has 2 aromatic carbocycles. The minimum atomic E-state index is -0.618. The van der Waals surface area contributed by atoms with Crippen LogP contribution in [-0.2, 0) is 12.0 Å². The number of halogens is 2. The van der Waals surface area contributed by atoms with Gasteiger partial charge in [-0.25, -0.2) is 0 Å². The van der Waals surface area contributed by atoms with Crippen molar-refractivity contribution in [1.82, 2.24) is 10.2 Å². The predicted octanol–water partition coefficient (Wildman–Crippen LogP) is 2.02. The second-order valence-corrected chi connectivity index (χ2v) is 7.44. The summed E-state index contributed by atoms with van der Waals surface area (Å²) in [5, 5.41) is 15.7. The molecule has 0 radical (unpaired) electrons. The number of rotatable bonds is 3. The minimum Gasteiger partial charge on any atom is -0.462 e. The maximum Gasteiger partial charge on any atom is 0.364 e. The van der Waals surface area contributed by atoms with Gasteiger partial charge in [0.05, 0.1) is 5.56 Å². The van der Waals surface area contributed by atoms with Gasteiger partial charge in [0.25, 0.3) is 0 Å². The second-order valence-electron chi connectivity index (χ2n) is 6.57. The van der Waals surface area contributed by atoms with Crippen LogP contribution in [0.1, 0.15) is 11.1 Å². The topological polar surface area (TPSA) is 49.5 Å². The third-order valence-electron chi connectivity index (χ3n) is 5.08. The predicted molar refractivity (Wildman–Crippen MR) is 101 cm³/mol. The first-order valence-electron chi connectivity index (χ1n) is 8.43. The Morgan fingerprint density at radius 3 is 2.60 bits per heavy atom. The van der Waals surface area contributed by atoms with Gasteiger partial charge in [0.15, 0.2) is 5.54 Å². The Hall–Kier alpha value is -1.59. The molecule has 2 aliphatic rings. The van der Waals surface area contributed by atoms with Gasteiger partial charge in [-0.2, -0.15) is 4.99 Å². The highest BCUT2D eigenvalue weighted by Gasteiger charge is 2.54. The Bertz CT molecular complexity index is 833. The Kier molecular flexibility index (Phi) is 4.46. The van der Waals surface area contributed by atoms with Crippen molar-refractivity contribution in [3.05, 3.63) is 63.6 Å². The van der Waals surface area contributed by atoms with E-state index in [1.807, 2.05) is 36.4 Å². The first kappa shape index (κ1) is 16.9. The number of hydrogen-bond donors (Lipinski definition) is 3. The zero-order chi connectivity index (χ0) is 17.4. The van der Waals surface area contributed by atoms with Crippen LogP contribution in [0.2, 0.25) is 10.0 Å². The normalized spacial score (nSPS) is 23.4. The van der Waals surface area contributed by atoms with Gasteiger partial charge in [-0.15, -0.1) is 0 Å². The van der Waals surface area contributed by atoms with Crippen LogP contribution in [0.25, 0.3) is 0 Å². The van der Waals surface area contributed by atoms with Crippen molar-refractivity contribution in [3.8, 4) is 0 Å². The first-order valence-corrected chi connectivity index (χ1v) is 9.19. The third kappa shape index (κ3) is 2.93. The summed E-state index contributed by atoms with van der Waals surface area (Å²) in [6, 6.07) is 13.6. The monoisotopic (exact) mass is 376 g/mol. The number of aliphatic hydroxyl groups is 1. The van der Waals surface area contributed by atoms with E-state index in [4.69, 9.17) is 23.2 Å². The van der Waals surface area contributed by atoms with E-state index in [2.05, 4.69) is 21.3 Å². The van der Waals surface area contributed by atoms with E-state index in [9.17, 15) is 5.11 Å². The summed E-state index contributed by atoms with van der Waals surface area (Å²) in [7, 11) is 0. The maximum absolute atomic E-state index is 11.0. The zero-order valence-electron chi connectivity index (χ0n) is 13.7. The molecule has 0 spiro atoms. The van der Waals surface area contributed by atoms with Crippen molar-refractivity contribution in [2.75, 3.05) is 26.2 Å². The fourth-order valence-corrected chi connectivity index (χ4v) is 4.32. The van der Waals surface area contributed by atoms with Crippen molar-refractivity contribution in [1.29, 1.82) is 0 Å². The molecule has 3 N–H and O–H groups in total. The quantitative estimate of drug-likeness (QED) is 0.767. The van der Waals surface area contributed by atoms with Crippen LogP contribution in [0.3, 0.4) is 0 Å². The van der Waals surface area contributed by atoms with Gasteiger partial charge >= 0.3 is 5.90 Å². The van der Waals surface area contributed by atoms with Crippen molar-refractivity contribution in [2.45, 2.75) is 12.0 Å². The Balaban J connectivity index is 1.84. The van der Waals surface area contributed by atoms with E-state index in [0.29, 0.717) is 16.5 Å². The molecular weight excluding hydrogens is 357 g/mol. The summed E-state index contributed by atoms with van der Waals surface area (Å²) in [6.45, 7) is 3.50. The van der Waals surface area contributed by atoms with E-state index in [1.54, 1.807) is 0 Å². The third-order valence-corrected chi connectivity index (χ3v) is 5.55.